The second kappa shape index (κ2) is 9.88. The highest BCUT2D eigenvalue weighted by atomic mass is 19.1. The van der Waals surface area contributed by atoms with Gasteiger partial charge in [-0.2, -0.15) is 0 Å². The van der Waals surface area contributed by atoms with Crippen LogP contribution in [-0.2, 0) is 14.9 Å². The lowest BCUT2D eigenvalue weighted by atomic mass is 9.73. The van der Waals surface area contributed by atoms with Crippen LogP contribution in [0.4, 0.5) is 4.39 Å². The van der Waals surface area contributed by atoms with E-state index in [4.69, 9.17) is 4.74 Å². The van der Waals surface area contributed by atoms with E-state index in [2.05, 4.69) is 53.8 Å². The molecular formula is C27H28FNO2. The lowest BCUT2D eigenvalue weighted by molar-refractivity contribution is -0.130. The Hall–Kier alpha value is -2.98. The predicted molar refractivity (Wildman–Crippen MR) is 120 cm³/mol. The predicted octanol–water partition coefficient (Wildman–Crippen LogP) is 5.21. The van der Waals surface area contributed by atoms with Crippen LogP contribution in [0.25, 0.3) is 0 Å². The van der Waals surface area contributed by atoms with Gasteiger partial charge in [0.25, 0.3) is 0 Å². The number of amides is 1. The molecule has 1 N–H and O–H groups in total. The van der Waals surface area contributed by atoms with Gasteiger partial charge in [0.2, 0.25) is 5.91 Å². The molecule has 1 heterocycles. The Morgan fingerprint density at radius 1 is 0.871 bits per heavy atom. The first-order valence-electron chi connectivity index (χ1n) is 10.9. The van der Waals surface area contributed by atoms with E-state index >= 15 is 0 Å². The second-order valence-corrected chi connectivity index (χ2v) is 8.12. The van der Waals surface area contributed by atoms with E-state index in [1.54, 1.807) is 12.1 Å². The molecule has 0 saturated carbocycles. The molecule has 160 valence electrons. The quantitative estimate of drug-likeness (QED) is 0.573. The number of ether oxygens (including phenoxy) is 1. The molecule has 0 atom stereocenters. The highest BCUT2D eigenvalue weighted by Crippen LogP contribution is 2.35. The Kier molecular flexibility index (Phi) is 6.78. The topological polar surface area (TPSA) is 38.3 Å². The normalized spacial score (nSPS) is 15.5. The largest absolute Gasteiger partial charge is 0.381 e. The number of nitrogens with one attached hydrogen (secondary N) is 1. The summed E-state index contributed by atoms with van der Waals surface area (Å²) in [6, 6.07) is 27.1. The van der Waals surface area contributed by atoms with Gasteiger partial charge in [0.15, 0.2) is 0 Å². The Bertz CT molecular complexity index is 928. The van der Waals surface area contributed by atoms with Gasteiger partial charge < -0.3 is 10.1 Å². The zero-order valence-corrected chi connectivity index (χ0v) is 17.6. The lowest BCUT2D eigenvalue weighted by Crippen LogP contribution is -2.48. The van der Waals surface area contributed by atoms with Gasteiger partial charge in [-0.25, -0.2) is 4.39 Å². The molecule has 1 fully saturated rings. The summed E-state index contributed by atoms with van der Waals surface area (Å²) < 4.78 is 19.0. The Labute approximate surface area is 183 Å². The van der Waals surface area contributed by atoms with Gasteiger partial charge in [-0.3, -0.25) is 4.79 Å². The van der Waals surface area contributed by atoms with Crippen molar-refractivity contribution in [3.05, 3.63) is 107 Å². The van der Waals surface area contributed by atoms with Crippen molar-refractivity contribution < 1.29 is 13.9 Å². The molecule has 1 saturated heterocycles. The van der Waals surface area contributed by atoms with Crippen LogP contribution in [0.2, 0.25) is 0 Å². The molecule has 0 radical (unpaired) electrons. The molecule has 0 bridgehead atoms. The number of hydrogen-bond acceptors (Lipinski definition) is 2. The molecule has 31 heavy (non-hydrogen) atoms. The van der Waals surface area contributed by atoms with Crippen molar-refractivity contribution in [2.24, 2.45) is 0 Å². The zero-order valence-electron chi connectivity index (χ0n) is 17.6. The Balaban J connectivity index is 1.49. The van der Waals surface area contributed by atoms with Gasteiger partial charge >= 0.3 is 0 Å². The smallest absolute Gasteiger partial charge is 0.230 e. The minimum Gasteiger partial charge on any atom is -0.381 e. The van der Waals surface area contributed by atoms with E-state index in [0.717, 1.165) is 12.0 Å². The molecule has 3 aromatic rings. The van der Waals surface area contributed by atoms with Gasteiger partial charge in [0, 0.05) is 25.7 Å². The fourth-order valence-corrected chi connectivity index (χ4v) is 4.53. The zero-order chi connectivity index (χ0) is 21.5. The first kappa shape index (κ1) is 21.3. The van der Waals surface area contributed by atoms with E-state index in [-0.39, 0.29) is 17.6 Å². The summed E-state index contributed by atoms with van der Waals surface area (Å²) in [5.41, 5.74) is 2.67. The molecule has 4 rings (SSSR count). The molecule has 3 nitrogen and oxygen atoms in total. The van der Waals surface area contributed by atoms with Crippen molar-refractivity contribution in [1.82, 2.24) is 5.32 Å². The van der Waals surface area contributed by atoms with Crippen molar-refractivity contribution in [2.75, 3.05) is 19.8 Å². The minimum absolute atomic E-state index is 0.00211. The summed E-state index contributed by atoms with van der Waals surface area (Å²) in [6.07, 6.45) is 2.01. The maximum atomic E-state index is 13.5. The first-order valence-corrected chi connectivity index (χ1v) is 10.9. The van der Waals surface area contributed by atoms with Gasteiger partial charge in [-0.15, -0.1) is 0 Å². The number of benzene rings is 3. The van der Waals surface area contributed by atoms with Crippen molar-refractivity contribution in [3.63, 3.8) is 0 Å². The highest BCUT2D eigenvalue weighted by molar-refractivity contribution is 5.88. The molecular weight excluding hydrogens is 389 g/mol. The summed E-state index contributed by atoms with van der Waals surface area (Å²) in [6.45, 7) is 1.62. The molecule has 0 unspecified atom stereocenters. The van der Waals surface area contributed by atoms with Gasteiger partial charge in [0.1, 0.15) is 5.82 Å². The molecule has 4 heteroatoms. The molecule has 0 spiro atoms. The number of carbonyl (C=O) groups excluding carboxylic acids is 1. The first-order chi connectivity index (χ1) is 15.2. The van der Waals surface area contributed by atoms with Crippen molar-refractivity contribution in [3.8, 4) is 0 Å². The summed E-state index contributed by atoms with van der Waals surface area (Å²) in [5.74, 6) is -0.0821. The summed E-state index contributed by atoms with van der Waals surface area (Å²) in [4.78, 5) is 13.4. The van der Waals surface area contributed by atoms with Gasteiger partial charge in [-0.1, -0.05) is 72.8 Å². The van der Waals surface area contributed by atoms with Crippen LogP contribution in [0.3, 0.4) is 0 Å². The second-order valence-electron chi connectivity index (χ2n) is 8.12. The number of carbonyl (C=O) groups is 1. The van der Waals surface area contributed by atoms with E-state index in [1.165, 1.54) is 23.3 Å². The average molecular weight is 418 g/mol. The highest BCUT2D eigenvalue weighted by Gasteiger charge is 2.41. The molecule has 3 aromatic carbocycles. The summed E-state index contributed by atoms with van der Waals surface area (Å²) >= 11 is 0. The van der Waals surface area contributed by atoms with E-state index < -0.39 is 5.41 Å². The molecule has 1 amide bonds. The van der Waals surface area contributed by atoms with Crippen molar-refractivity contribution in [2.45, 2.75) is 30.6 Å². The van der Waals surface area contributed by atoms with E-state index in [1.807, 2.05) is 12.1 Å². The van der Waals surface area contributed by atoms with Crippen LogP contribution in [0.5, 0.6) is 0 Å². The number of hydrogen-bond donors (Lipinski definition) is 1. The summed E-state index contributed by atoms with van der Waals surface area (Å²) in [7, 11) is 0. The number of rotatable bonds is 7. The SMILES string of the molecule is O=C(NCCC(c1ccccc1)c1ccccc1)C1(c2ccc(F)cc2)CCOCC1. The monoisotopic (exact) mass is 417 g/mol. The third-order valence-corrected chi connectivity index (χ3v) is 6.30. The van der Waals surface area contributed by atoms with Crippen LogP contribution in [0.1, 0.15) is 41.9 Å². The maximum absolute atomic E-state index is 13.5. The third kappa shape index (κ3) is 4.86. The molecule has 1 aliphatic heterocycles. The maximum Gasteiger partial charge on any atom is 0.230 e. The van der Waals surface area contributed by atoms with Crippen LogP contribution < -0.4 is 5.32 Å². The van der Waals surface area contributed by atoms with Crippen molar-refractivity contribution >= 4 is 5.91 Å². The van der Waals surface area contributed by atoms with Crippen molar-refractivity contribution in [1.29, 1.82) is 0 Å². The van der Waals surface area contributed by atoms with E-state index in [0.29, 0.717) is 32.6 Å². The van der Waals surface area contributed by atoms with Crippen LogP contribution in [-0.4, -0.2) is 25.7 Å². The van der Waals surface area contributed by atoms with Gasteiger partial charge in [0.05, 0.1) is 5.41 Å². The standard InChI is InChI=1S/C27H28FNO2/c28-24-13-11-23(12-14-24)27(16-19-31-20-17-27)26(30)29-18-15-25(21-7-3-1-4-8-21)22-9-5-2-6-10-22/h1-14,25H,15-20H2,(H,29,30). The van der Waals surface area contributed by atoms with Crippen LogP contribution in [0, 0.1) is 5.82 Å². The fraction of sp³-hybridized carbons (Fsp3) is 0.296. The van der Waals surface area contributed by atoms with Crippen LogP contribution in [0.15, 0.2) is 84.9 Å². The summed E-state index contributed by atoms with van der Waals surface area (Å²) in [5, 5.41) is 3.19. The molecule has 1 aliphatic rings. The fourth-order valence-electron chi connectivity index (χ4n) is 4.53. The lowest BCUT2D eigenvalue weighted by Gasteiger charge is -2.36. The van der Waals surface area contributed by atoms with Crippen LogP contribution >= 0.6 is 0 Å². The molecule has 0 aliphatic carbocycles. The molecule has 0 aromatic heterocycles. The average Bonchev–Trinajstić information content (AvgIpc) is 2.83. The minimum atomic E-state index is -0.666. The Morgan fingerprint density at radius 2 is 1.42 bits per heavy atom. The number of halogens is 1. The van der Waals surface area contributed by atoms with Gasteiger partial charge in [-0.05, 0) is 48.1 Å². The third-order valence-electron chi connectivity index (χ3n) is 6.30. The Morgan fingerprint density at radius 3 is 1.97 bits per heavy atom. The van der Waals surface area contributed by atoms with E-state index in [9.17, 15) is 9.18 Å².